The highest BCUT2D eigenvalue weighted by Gasteiger charge is 2.19. The zero-order valence-electron chi connectivity index (χ0n) is 10.8. The molecule has 1 aromatic heterocycles. The lowest BCUT2D eigenvalue weighted by molar-refractivity contribution is 0.549. The summed E-state index contributed by atoms with van der Waals surface area (Å²) in [5, 5.41) is 4.98. The first-order chi connectivity index (χ1) is 9.04. The van der Waals surface area contributed by atoms with Crippen LogP contribution < -0.4 is 11.3 Å². The molecule has 0 spiro atoms. The average molecular weight is 344 g/mol. The number of halogens is 2. The van der Waals surface area contributed by atoms with E-state index in [0.717, 1.165) is 21.3 Å². The number of nitrogens with two attached hydrogens (primary N) is 1. The molecule has 1 heterocycles. The number of nitrogens with one attached hydrogen (secondary N) is 1. The van der Waals surface area contributed by atoms with E-state index in [9.17, 15) is 0 Å². The Morgan fingerprint density at radius 1 is 1.47 bits per heavy atom. The molecule has 0 fully saturated rings. The topological polar surface area (TPSA) is 55.9 Å². The normalized spacial score (nSPS) is 12.7. The molecule has 0 aliphatic rings. The summed E-state index contributed by atoms with van der Waals surface area (Å²) in [5.41, 5.74) is 5.89. The molecule has 0 amide bonds. The predicted molar refractivity (Wildman–Crippen MR) is 80.9 cm³/mol. The number of aromatic nitrogens is 2. The zero-order chi connectivity index (χ0) is 14.0. The summed E-state index contributed by atoms with van der Waals surface area (Å²) in [6.07, 6.45) is 0.692. The minimum Gasteiger partial charge on any atom is -0.271 e. The van der Waals surface area contributed by atoms with Crippen LogP contribution in [0, 0.1) is 6.92 Å². The maximum absolute atomic E-state index is 6.26. The number of hydrogen-bond donors (Lipinski definition) is 2. The van der Waals surface area contributed by atoms with Crippen LogP contribution in [0.4, 0.5) is 0 Å². The van der Waals surface area contributed by atoms with Gasteiger partial charge in [0.25, 0.3) is 0 Å². The van der Waals surface area contributed by atoms with E-state index in [1.165, 1.54) is 0 Å². The van der Waals surface area contributed by atoms with E-state index in [-0.39, 0.29) is 6.04 Å². The highest BCUT2D eigenvalue weighted by Crippen LogP contribution is 2.29. The summed E-state index contributed by atoms with van der Waals surface area (Å²) < 4.78 is 2.70. The van der Waals surface area contributed by atoms with E-state index in [1.54, 1.807) is 4.68 Å². The molecule has 3 N–H and O–H groups in total. The van der Waals surface area contributed by atoms with Gasteiger partial charge >= 0.3 is 0 Å². The minimum absolute atomic E-state index is 0.0176. The van der Waals surface area contributed by atoms with Crippen LogP contribution in [0.5, 0.6) is 0 Å². The van der Waals surface area contributed by atoms with Crippen LogP contribution in [-0.4, -0.2) is 9.78 Å². The lowest BCUT2D eigenvalue weighted by Gasteiger charge is -2.17. The quantitative estimate of drug-likeness (QED) is 0.663. The number of hydrazine groups is 1. The monoisotopic (exact) mass is 342 g/mol. The zero-order valence-corrected chi connectivity index (χ0v) is 13.2. The fourth-order valence-electron chi connectivity index (χ4n) is 2.13. The molecule has 0 saturated carbocycles. The van der Waals surface area contributed by atoms with Crippen LogP contribution in [0.2, 0.25) is 5.15 Å². The molecule has 1 aromatic carbocycles. The van der Waals surface area contributed by atoms with Gasteiger partial charge in [-0.3, -0.25) is 16.0 Å². The molecule has 0 aliphatic heterocycles. The molecular weight excluding hydrogens is 328 g/mol. The van der Waals surface area contributed by atoms with Crippen LogP contribution in [0.3, 0.4) is 0 Å². The maximum atomic E-state index is 6.26. The van der Waals surface area contributed by atoms with E-state index in [2.05, 4.69) is 26.5 Å². The highest BCUT2D eigenvalue weighted by atomic mass is 79.9. The molecule has 2 rings (SSSR count). The van der Waals surface area contributed by atoms with Gasteiger partial charge in [-0.1, -0.05) is 45.7 Å². The fraction of sp³-hybridized carbons (Fsp3) is 0.308. The molecule has 102 valence electrons. The maximum Gasteiger partial charge on any atom is 0.130 e. The van der Waals surface area contributed by atoms with E-state index < -0.39 is 0 Å². The van der Waals surface area contributed by atoms with Gasteiger partial charge in [0.1, 0.15) is 5.15 Å². The Morgan fingerprint density at radius 3 is 2.68 bits per heavy atom. The lowest BCUT2D eigenvalue weighted by Crippen LogP contribution is -2.30. The standard InChI is InChI=1S/C13H16BrClN4/c1-8-10(13(15)19(2)18-8)7-12(17-16)9-5-3-4-6-11(9)14/h3-6,12,17H,7,16H2,1-2H3. The molecule has 2 aromatic rings. The summed E-state index contributed by atoms with van der Waals surface area (Å²) in [4.78, 5) is 0. The summed E-state index contributed by atoms with van der Waals surface area (Å²) in [6, 6.07) is 7.98. The second-order valence-corrected chi connectivity index (χ2v) is 5.64. The number of benzene rings is 1. The van der Waals surface area contributed by atoms with Crippen molar-refractivity contribution in [2.45, 2.75) is 19.4 Å². The first-order valence-electron chi connectivity index (χ1n) is 5.93. The summed E-state index contributed by atoms with van der Waals surface area (Å²) in [7, 11) is 1.84. The fourth-order valence-corrected chi connectivity index (χ4v) is 2.94. The predicted octanol–water partition coefficient (Wildman–Crippen LogP) is 2.89. The van der Waals surface area contributed by atoms with Crippen LogP contribution in [0.15, 0.2) is 28.7 Å². The van der Waals surface area contributed by atoms with Gasteiger partial charge in [-0.05, 0) is 25.0 Å². The van der Waals surface area contributed by atoms with Crippen molar-refractivity contribution < 1.29 is 0 Å². The van der Waals surface area contributed by atoms with Crippen molar-refractivity contribution in [3.63, 3.8) is 0 Å². The van der Waals surface area contributed by atoms with Gasteiger partial charge in [0, 0.05) is 17.1 Å². The van der Waals surface area contributed by atoms with Gasteiger partial charge in [-0.25, -0.2) is 0 Å². The van der Waals surface area contributed by atoms with Gasteiger partial charge in [0.15, 0.2) is 0 Å². The van der Waals surface area contributed by atoms with Gasteiger partial charge in [-0.15, -0.1) is 0 Å². The first kappa shape index (κ1) is 14.5. The Hall–Kier alpha value is -0.880. The molecule has 0 aliphatic carbocycles. The number of rotatable bonds is 4. The first-order valence-corrected chi connectivity index (χ1v) is 7.10. The van der Waals surface area contributed by atoms with E-state index in [0.29, 0.717) is 11.6 Å². The Balaban J connectivity index is 2.32. The number of aryl methyl sites for hydroxylation is 2. The van der Waals surface area contributed by atoms with Crippen molar-refractivity contribution in [3.8, 4) is 0 Å². The molecule has 1 unspecified atom stereocenters. The molecule has 19 heavy (non-hydrogen) atoms. The second-order valence-electron chi connectivity index (χ2n) is 4.42. The van der Waals surface area contributed by atoms with Crippen LogP contribution in [0.25, 0.3) is 0 Å². The number of hydrogen-bond acceptors (Lipinski definition) is 3. The molecule has 0 bridgehead atoms. The van der Waals surface area contributed by atoms with Crippen molar-refractivity contribution in [3.05, 3.63) is 50.7 Å². The Kier molecular flexibility index (Phi) is 4.62. The van der Waals surface area contributed by atoms with Crippen LogP contribution >= 0.6 is 27.5 Å². The van der Waals surface area contributed by atoms with Gasteiger partial charge in [0.05, 0.1) is 11.7 Å². The SMILES string of the molecule is Cc1nn(C)c(Cl)c1CC(NN)c1ccccc1Br. The van der Waals surface area contributed by atoms with Gasteiger partial charge in [-0.2, -0.15) is 5.10 Å². The summed E-state index contributed by atoms with van der Waals surface area (Å²) in [6.45, 7) is 1.95. The van der Waals surface area contributed by atoms with Crippen molar-refractivity contribution in [2.24, 2.45) is 12.9 Å². The molecule has 0 radical (unpaired) electrons. The van der Waals surface area contributed by atoms with Crippen LogP contribution in [-0.2, 0) is 13.5 Å². The molecule has 6 heteroatoms. The van der Waals surface area contributed by atoms with Crippen molar-refractivity contribution in [2.75, 3.05) is 0 Å². The van der Waals surface area contributed by atoms with Crippen molar-refractivity contribution in [1.82, 2.24) is 15.2 Å². The van der Waals surface area contributed by atoms with Gasteiger partial charge in [0.2, 0.25) is 0 Å². The Morgan fingerprint density at radius 2 is 2.16 bits per heavy atom. The number of nitrogens with zero attached hydrogens (tertiary/aromatic N) is 2. The lowest BCUT2D eigenvalue weighted by atomic mass is 10.00. The Labute approximate surface area is 126 Å². The summed E-state index contributed by atoms with van der Waals surface area (Å²) >= 11 is 9.81. The third-order valence-electron chi connectivity index (χ3n) is 3.16. The Bertz CT molecular complexity index is 582. The third-order valence-corrected chi connectivity index (χ3v) is 4.35. The van der Waals surface area contributed by atoms with Crippen molar-refractivity contribution in [1.29, 1.82) is 0 Å². The second kappa shape index (κ2) is 6.05. The van der Waals surface area contributed by atoms with E-state index >= 15 is 0 Å². The summed E-state index contributed by atoms with van der Waals surface area (Å²) in [5.74, 6) is 5.69. The van der Waals surface area contributed by atoms with E-state index in [1.807, 2.05) is 38.2 Å². The molecule has 1 atom stereocenters. The smallest absolute Gasteiger partial charge is 0.130 e. The third kappa shape index (κ3) is 3.00. The van der Waals surface area contributed by atoms with Crippen molar-refractivity contribution >= 4 is 27.5 Å². The van der Waals surface area contributed by atoms with Crippen LogP contribution in [0.1, 0.15) is 22.9 Å². The van der Waals surface area contributed by atoms with Gasteiger partial charge < -0.3 is 0 Å². The van der Waals surface area contributed by atoms with E-state index in [4.69, 9.17) is 17.4 Å². The molecule has 4 nitrogen and oxygen atoms in total. The molecule has 0 saturated heterocycles. The molecular formula is C13H16BrClN4. The minimum atomic E-state index is -0.0176. The largest absolute Gasteiger partial charge is 0.271 e. The highest BCUT2D eigenvalue weighted by molar-refractivity contribution is 9.10. The average Bonchev–Trinajstić information content (AvgIpc) is 2.63.